The van der Waals surface area contributed by atoms with Crippen LogP contribution >= 0.6 is 0 Å². The van der Waals surface area contributed by atoms with Gasteiger partial charge in [-0.2, -0.15) is 0 Å². The Morgan fingerprint density at radius 2 is 1.81 bits per heavy atom. The zero-order chi connectivity index (χ0) is 22.3. The van der Waals surface area contributed by atoms with Crippen LogP contribution < -0.4 is 15.4 Å². The first-order valence-electron chi connectivity index (χ1n) is 9.27. The van der Waals surface area contributed by atoms with Crippen LogP contribution in [0.2, 0.25) is 0 Å². The molecule has 1 saturated heterocycles. The molecule has 31 heavy (non-hydrogen) atoms. The van der Waals surface area contributed by atoms with Crippen molar-refractivity contribution in [1.82, 2.24) is 9.88 Å². The first-order chi connectivity index (χ1) is 14.6. The topological polar surface area (TPSA) is 88.8 Å². The van der Waals surface area contributed by atoms with E-state index in [0.717, 1.165) is 28.0 Å². The van der Waals surface area contributed by atoms with E-state index in [9.17, 15) is 22.8 Å². The highest BCUT2D eigenvalue weighted by Gasteiger charge is 2.43. The van der Waals surface area contributed by atoms with Crippen LogP contribution in [-0.2, 0) is 11.3 Å². The van der Waals surface area contributed by atoms with Gasteiger partial charge >= 0.3 is 12.4 Å². The number of amides is 3. The molecular weight excluding hydrogens is 413 g/mol. The molecule has 1 fully saturated rings. The molecule has 3 amide bonds. The lowest BCUT2D eigenvalue weighted by Crippen LogP contribution is -2.33. The van der Waals surface area contributed by atoms with E-state index in [-0.39, 0.29) is 12.2 Å². The van der Waals surface area contributed by atoms with Crippen molar-refractivity contribution < 1.29 is 27.5 Å². The number of fused-ring (bicyclic) bond motifs is 1. The molecule has 1 aromatic heterocycles. The van der Waals surface area contributed by atoms with E-state index >= 15 is 0 Å². The highest BCUT2D eigenvalue weighted by molar-refractivity contribution is 6.21. The molecule has 4 rings (SSSR count). The van der Waals surface area contributed by atoms with Crippen molar-refractivity contribution in [3.63, 3.8) is 0 Å². The van der Waals surface area contributed by atoms with Crippen molar-refractivity contribution in [3.05, 3.63) is 60.3 Å². The predicted octanol–water partition coefficient (Wildman–Crippen LogP) is 4.07. The first-order valence-corrected chi connectivity index (χ1v) is 9.27. The number of hydrogen-bond donors (Lipinski definition) is 1. The van der Waals surface area contributed by atoms with Gasteiger partial charge in [0, 0.05) is 23.8 Å². The molecule has 0 bridgehead atoms. The summed E-state index contributed by atoms with van der Waals surface area (Å²) in [6.07, 6.45) is -3.22. The molecule has 2 N–H and O–H groups in total. The molecule has 0 saturated carbocycles. The molecule has 1 aliphatic heterocycles. The number of halogens is 3. The average Bonchev–Trinajstić information content (AvgIpc) is 2.91. The van der Waals surface area contributed by atoms with E-state index in [1.807, 2.05) is 0 Å². The van der Waals surface area contributed by atoms with Gasteiger partial charge < -0.3 is 15.4 Å². The van der Waals surface area contributed by atoms with Crippen LogP contribution in [0.4, 0.5) is 29.3 Å². The van der Waals surface area contributed by atoms with Crippen molar-refractivity contribution in [1.29, 1.82) is 0 Å². The quantitative estimate of drug-likeness (QED) is 0.498. The number of anilines is 2. The van der Waals surface area contributed by atoms with Gasteiger partial charge in [-0.05, 0) is 61.0 Å². The second-order valence-electron chi connectivity index (χ2n) is 7.05. The van der Waals surface area contributed by atoms with Gasteiger partial charge in [0.05, 0.1) is 11.2 Å². The van der Waals surface area contributed by atoms with Crippen molar-refractivity contribution in [3.8, 4) is 5.75 Å². The Labute approximate surface area is 174 Å². The molecule has 160 valence electrons. The third-order valence-electron chi connectivity index (χ3n) is 5.01. The number of nitrogens with two attached hydrogens (primary N) is 1. The molecule has 0 radical (unpaired) electrons. The predicted molar refractivity (Wildman–Crippen MR) is 107 cm³/mol. The second-order valence-corrected chi connectivity index (χ2v) is 7.05. The van der Waals surface area contributed by atoms with E-state index < -0.39 is 30.1 Å². The Hall–Kier alpha value is -3.82. The number of urea groups is 1. The smallest absolute Gasteiger partial charge is 0.406 e. The molecule has 1 unspecified atom stereocenters. The summed E-state index contributed by atoms with van der Waals surface area (Å²) in [6.45, 7) is 1.74. The van der Waals surface area contributed by atoms with Crippen molar-refractivity contribution in [2.75, 3.05) is 10.6 Å². The van der Waals surface area contributed by atoms with Gasteiger partial charge in [-0.15, -0.1) is 13.2 Å². The van der Waals surface area contributed by atoms with Crippen molar-refractivity contribution in [2.24, 2.45) is 0 Å². The average molecular weight is 430 g/mol. The highest BCUT2D eigenvalue weighted by atomic mass is 19.4. The van der Waals surface area contributed by atoms with E-state index in [4.69, 9.17) is 5.73 Å². The van der Waals surface area contributed by atoms with E-state index in [1.165, 1.54) is 17.0 Å². The summed E-state index contributed by atoms with van der Waals surface area (Å²) in [7, 11) is 0. The molecule has 0 aliphatic carbocycles. The third-order valence-corrected chi connectivity index (χ3v) is 5.01. The summed E-state index contributed by atoms with van der Waals surface area (Å²) in [5.74, 6) is -0.923. The summed E-state index contributed by atoms with van der Waals surface area (Å²) in [6, 6.07) is 10.2. The molecule has 0 spiro atoms. The van der Waals surface area contributed by atoms with Gasteiger partial charge in [-0.1, -0.05) is 0 Å². The van der Waals surface area contributed by atoms with Gasteiger partial charge in [-0.3, -0.25) is 9.78 Å². The highest BCUT2D eigenvalue weighted by Crippen LogP contribution is 2.31. The monoisotopic (exact) mass is 430 g/mol. The SMILES string of the molecule is CC1C(=O)N(c2ccc(OC(F)(F)F)cc2)C(=O)N1Cc1ccnc2ccc(N)cc12. The second kappa shape index (κ2) is 7.46. The van der Waals surface area contributed by atoms with Gasteiger partial charge in [0.25, 0.3) is 5.91 Å². The molecule has 1 atom stereocenters. The van der Waals surface area contributed by atoms with Gasteiger partial charge in [0.1, 0.15) is 11.8 Å². The third kappa shape index (κ3) is 3.96. The number of pyridine rings is 1. The van der Waals surface area contributed by atoms with Crippen LogP contribution in [0.1, 0.15) is 12.5 Å². The lowest BCUT2D eigenvalue weighted by atomic mass is 10.1. The number of carbonyl (C=O) groups is 2. The number of hydrogen-bond acceptors (Lipinski definition) is 5. The zero-order valence-electron chi connectivity index (χ0n) is 16.3. The Morgan fingerprint density at radius 3 is 2.48 bits per heavy atom. The van der Waals surface area contributed by atoms with Crippen LogP contribution in [0.15, 0.2) is 54.7 Å². The lowest BCUT2D eigenvalue weighted by Gasteiger charge is -2.20. The maximum absolute atomic E-state index is 13.0. The number of carbonyl (C=O) groups excluding carboxylic acids is 2. The fourth-order valence-corrected chi connectivity index (χ4v) is 3.49. The number of aromatic nitrogens is 1. The summed E-state index contributed by atoms with van der Waals surface area (Å²) in [5.41, 5.74) is 8.04. The Morgan fingerprint density at radius 1 is 1.10 bits per heavy atom. The summed E-state index contributed by atoms with van der Waals surface area (Å²) in [4.78, 5) is 32.4. The van der Waals surface area contributed by atoms with Crippen LogP contribution in [0.3, 0.4) is 0 Å². The first kappa shape index (κ1) is 20.5. The summed E-state index contributed by atoms with van der Waals surface area (Å²) < 4.78 is 40.9. The number of imide groups is 1. The van der Waals surface area contributed by atoms with Crippen LogP contribution in [0.25, 0.3) is 10.9 Å². The van der Waals surface area contributed by atoms with Gasteiger partial charge in [0.2, 0.25) is 0 Å². The molecule has 2 aromatic carbocycles. The van der Waals surface area contributed by atoms with Crippen LogP contribution in [0, 0.1) is 0 Å². The molecular formula is C21H17F3N4O3. The minimum atomic E-state index is -4.83. The maximum Gasteiger partial charge on any atom is 0.573 e. The van der Waals surface area contributed by atoms with Gasteiger partial charge in [0.15, 0.2) is 0 Å². The van der Waals surface area contributed by atoms with E-state index in [2.05, 4.69) is 9.72 Å². The van der Waals surface area contributed by atoms with Crippen LogP contribution in [-0.4, -0.2) is 34.2 Å². The molecule has 10 heteroatoms. The number of nitrogen functional groups attached to an aromatic ring is 1. The Kier molecular flexibility index (Phi) is 4.92. The van der Waals surface area contributed by atoms with Crippen LogP contribution in [0.5, 0.6) is 5.75 Å². The van der Waals surface area contributed by atoms with E-state index in [1.54, 1.807) is 37.4 Å². The number of ether oxygens (including phenoxy) is 1. The van der Waals surface area contributed by atoms with Crippen molar-refractivity contribution in [2.45, 2.75) is 25.9 Å². The Bertz CT molecular complexity index is 1160. The fraction of sp³-hybridized carbons (Fsp3) is 0.190. The number of benzene rings is 2. The minimum Gasteiger partial charge on any atom is -0.406 e. The zero-order valence-corrected chi connectivity index (χ0v) is 16.3. The minimum absolute atomic E-state index is 0.139. The molecule has 7 nitrogen and oxygen atoms in total. The normalized spacial score (nSPS) is 17.0. The molecule has 1 aliphatic rings. The number of alkyl halides is 3. The molecule has 3 aromatic rings. The van der Waals surface area contributed by atoms with Gasteiger partial charge in [-0.25, -0.2) is 9.69 Å². The summed E-state index contributed by atoms with van der Waals surface area (Å²) in [5, 5.41) is 0.766. The van der Waals surface area contributed by atoms with E-state index in [0.29, 0.717) is 11.2 Å². The Balaban J connectivity index is 1.60. The standard InChI is InChI=1S/C21H17F3N4O3/c1-12-19(29)28(15-3-5-16(6-4-15)31-21(22,23)24)20(30)27(12)11-13-8-9-26-18-7-2-14(25)10-17(13)18/h2-10,12H,11,25H2,1H3. The fourth-order valence-electron chi connectivity index (χ4n) is 3.49. The molecule has 2 heterocycles. The maximum atomic E-state index is 13.0. The number of nitrogens with zero attached hydrogens (tertiary/aromatic N) is 3. The largest absolute Gasteiger partial charge is 0.573 e. The summed E-state index contributed by atoms with van der Waals surface area (Å²) >= 11 is 0. The number of rotatable bonds is 4. The van der Waals surface area contributed by atoms with Crippen molar-refractivity contribution >= 4 is 34.2 Å². The lowest BCUT2D eigenvalue weighted by molar-refractivity contribution is -0.274.